The van der Waals surface area contributed by atoms with Crippen molar-refractivity contribution >= 4 is 21.4 Å². The lowest BCUT2D eigenvalue weighted by Gasteiger charge is -1.92. The zero-order valence-electron chi connectivity index (χ0n) is 6.54. The molecule has 68 valence electrons. The maximum atomic E-state index is 10.8. The van der Waals surface area contributed by atoms with Crippen LogP contribution in [0, 0.1) is 0 Å². The van der Waals surface area contributed by atoms with Crippen molar-refractivity contribution in [2.45, 2.75) is 11.6 Å². The third kappa shape index (κ3) is 2.83. The summed E-state index contributed by atoms with van der Waals surface area (Å²) in [7, 11) is -3.01. The van der Waals surface area contributed by atoms with E-state index in [2.05, 4.69) is 9.97 Å². The standard InChI is InChI=1S/C6H9ClN2O2S/c1-12(10,11)4-6-8-3-5(2-7)9-6/h3H,2,4H2,1H3,(H,8,9). The van der Waals surface area contributed by atoms with Gasteiger partial charge in [0.15, 0.2) is 9.84 Å². The Kier molecular flexibility index (Phi) is 2.74. The SMILES string of the molecule is CS(=O)(=O)Cc1ncc(CCl)[nH]1. The maximum absolute atomic E-state index is 10.8. The lowest BCUT2D eigenvalue weighted by molar-refractivity contribution is 0.600. The van der Waals surface area contributed by atoms with Crippen molar-refractivity contribution in [3.8, 4) is 0 Å². The van der Waals surface area contributed by atoms with Gasteiger partial charge in [0.1, 0.15) is 11.6 Å². The molecule has 0 aliphatic carbocycles. The Morgan fingerprint density at radius 3 is 2.75 bits per heavy atom. The van der Waals surface area contributed by atoms with E-state index in [-0.39, 0.29) is 5.75 Å². The van der Waals surface area contributed by atoms with E-state index in [9.17, 15) is 8.42 Å². The molecule has 12 heavy (non-hydrogen) atoms. The van der Waals surface area contributed by atoms with Crippen molar-refractivity contribution in [1.82, 2.24) is 9.97 Å². The molecule has 0 aliphatic rings. The molecule has 0 saturated carbocycles. The van der Waals surface area contributed by atoms with Crippen LogP contribution >= 0.6 is 11.6 Å². The van der Waals surface area contributed by atoms with E-state index >= 15 is 0 Å². The molecule has 1 rings (SSSR count). The van der Waals surface area contributed by atoms with Gasteiger partial charge in [-0.3, -0.25) is 0 Å². The van der Waals surface area contributed by atoms with Crippen molar-refractivity contribution in [3.63, 3.8) is 0 Å². The second-order valence-electron chi connectivity index (χ2n) is 2.56. The molecule has 1 aromatic rings. The Morgan fingerprint density at radius 1 is 1.67 bits per heavy atom. The molecule has 0 aliphatic heterocycles. The first-order valence-electron chi connectivity index (χ1n) is 3.28. The van der Waals surface area contributed by atoms with Gasteiger partial charge in [-0.15, -0.1) is 11.6 Å². The average Bonchev–Trinajstić information content (AvgIpc) is 2.32. The van der Waals surface area contributed by atoms with Gasteiger partial charge in [-0.2, -0.15) is 0 Å². The molecule has 0 bridgehead atoms. The number of nitrogens with zero attached hydrogens (tertiary/aromatic N) is 1. The number of aromatic nitrogens is 2. The highest BCUT2D eigenvalue weighted by molar-refractivity contribution is 7.89. The van der Waals surface area contributed by atoms with Crippen molar-refractivity contribution in [2.75, 3.05) is 6.26 Å². The zero-order chi connectivity index (χ0) is 9.19. The lowest BCUT2D eigenvalue weighted by atomic mass is 10.6. The highest BCUT2D eigenvalue weighted by Crippen LogP contribution is 2.03. The summed E-state index contributed by atoms with van der Waals surface area (Å²) in [6.45, 7) is 0. The molecule has 1 N–H and O–H groups in total. The number of aromatic amines is 1. The van der Waals surface area contributed by atoms with E-state index in [1.54, 1.807) is 0 Å². The Hall–Kier alpha value is -0.550. The summed E-state index contributed by atoms with van der Waals surface area (Å²) < 4.78 is 21.6. The van der Waals surface area contributed by atoms with Crippen LogP contribution in [0.4, 0.5) is 0 Å². The summed E-state index contributed by atoms with van der Waals surface area (Å²) in [5.74, 6) is 0.689. The van der Waals surface area contributed by atoms with Gasteiger partial charge < -0.3 is 4.98 Å². The van der Waals surface area contributed by atoms with E-state index in [4.69, 9.17) is 11.6 Å². The summed E-state index contributed by atoms with van der Waals surface area (Å²) in [6, 6.07) is 0. The number of nitrogens with one attached hydrogen (secondary N) is 1. The number of alkyl halides is 1. The largest absolute Gasteiger partial charge is 0.344 e. The first-order chi connectivity index (χ1) is 5.51. The third-order valence-electron chi connectivity index (χ3n) is 1.22. The van der Waals surface area contributed by atoms with Gasteiger partial charge in [0.05, 0.1) is 5.88 Å². The van der Waals surface area contributed by atoms with Gasteiger partial charge in [-0.25, -0.2) is 13.4 Å². The monoisotopic (exact) mass is 208 g/mol. The molecule has 0 saturated heterocycles. The quantitative estimate of drug-likeness (QED) is 0.744. The van der Waals surface area contributed by atoms with Gasteiger partial charge in [-0.05, 0) is 0 Å². The number of imidazole rings is 1. The fourth-order valence-electron chi connectivity index (χ4n) is 0.795. The Bertz CT molecular complexity index is 357. The number of hydrogen-bond acceptors (Lipinski definition) is 3. The third-order valence-corrected chi connectivity index (χ3v) is 2.31. The normalized spacial score (nSPS) is 11.8. The average molecular weight is 209 g/mol. The molecule has 0 unspecified atom stereocenters. The molecule has 6 heteroatoms. The number of H-pyrrole nitrogens is 1. The molecule has 4 nitrogen and oxygen atoms in total. The van der Waals surface area contributed by atoms with Crippen LogP contribution in [-0.2, 0) is 21.5 Å². The van der Waals surface area contributed by atoms with E-state index in [0.29, 0.717) is 11.7 Å². The fourth-order valence-corrected chi connectivity index (χ4v) is 1.57. The zero-order valence-corrected chi connectivity index (χ0v) is 8.11. The number of rotatable bonds is 3. The minimum absolute atomic E-state index is 0.0656. The first kappa shape index (κ1) is 9.54. The molecule has 0 spiro atoms. The van der Waals surface area contributed by atoms with Gasteiger partial charge in [0.2, 0.25) is 0 Å². The van der Waals surface area contributed by atoms with E-state index in [1.165, 1.54) is 6.20 Å². The molecule has 1 aromatic heterocycles. The summed E-state index contributed by atoms with van der Waals surface area (Å²) in [5.41, 5.74) is 0.732. The van der Waals surface area contributed by atoms with Crippen LogP contribution in [0.2, 0.25) is 0 Å². The molecule has 0 aromatic carbocycles. The van der Waals surface area contributed by atoms with Crippen LogP contribution in [0.15, 0.2) is 6.20 Å². The highest BCUT2D eigenvalue weighted by Gasteiger charge is 2.07. The van der Waals surface area contributed by atoms with E-state index in [0.717, 1.165) is 11.9 Å². The Labute approximate surface area is 75.9 Å². The van der Waals surface area contributed by atoms with Gasteiger partial charge in [0, 0.05) is 18.1 Å². The summed E-state index contributed by atoms with van der Waals surface area (Å²) >= 11 is 5.49. The smallest absolute Gasteiger partial charge is 0.154 e. The van der Waals surface area contributed by atoms with Gasteiger partial charge >= 0.3 is 0 Å². The van der Waals surface area contributed by atoms with Crippen LogP contribution < -0.4 is 0 Å². The van der Waals surface area contributed by atoms with Crippen LogP contribution in [0.1, 0.15) is 11.5 Å². The lowest BCUT2D eigenvalue weighted by Crippen LogP contribution is -2.02. The van der Waals surface area contributed by atoms with Gasteiger partial charge in [-0.1, -0.05) is 0 Å². The predicted octanol–water partition coefficient (Wildman–Crippen LogP) is 0.693. The fraction of sp³-hybridized carbons (Fsp3) is 0.500. The number of sulfone groups is 1. The molecule has 0 amide bonds. The van der Waals surface area contributed by atoms with Crippen LogP contribution in [0.25, 0.3) is 0 Å². The van der Waals surface area contributed by atoms with Crippen LogP contribution in [0.3, 0.4) is 0 Å². The van der Waals surface area contributed by atoms with Crippen molar-refractivity contribution in [2.24, 2.45) is 0 Å². The minimum atomic E-state index is -3.01. The molecule has 0 radical (unpaired) electrons. The van der Waals surface area contributed by atoms with Crippen LogP contribution in [0.5, 0.6) is 0 Å². The van der Waals surface area contributed by atoms with E-state index < -0.39 is 9.84 Å². The van der Waals surface area contributed by atoms with Crippen LogP contribution in [-0.4, -0.2) is 24.6 Å². The van der Waals surface area contributed by atoms with Gasteiger partial charge in [0.25, 0.3) is 0 Å². The van der Waals surface area contributed by atoms with Crippen molar-refractivity contribution in [3.05, 3.63) is 17.7 Å². The molecule has 1 heterocycles. The Balaban J connectivity index is 2.78. The Morgan fingerprint density at radius 2 is 2.33 bits per heavy atom. The number of hydrogen-bond donors (Lipinski definition) is 1. The molecule has 0 atom stereocenters. The van der Waals surface area contributed by atoms with Crippen molar-refractivity contribution < 1.29 is 8.42 Å². The summed E-state index contributed by atoms with van der Waals surface area (Å²) in [6.07, 6.45) is 2.70. The minimum Gasteiger partial charge on any atom is -0.344 e. The van der Waals surface area contributed by atoms with E-state index in [1.807, 2.05) is 0 Å². The maximum Gasteiger partial charge on any atom is 0.154 e. The van der Waals surface area contributed by atoms with Crippen molar-refractivity contribution in [1.29, 1.82) is 0 Å². The first-order valence-corrected chi connectivity index (χ1v) is 5.87. The second kappa shape index (κ2) is 3.45. The summed E-state index contributed by atoms with van der Waals surface area (Å²) in [5, 5.41) is 0. The number of halogens is 1. The molecular formula is C6H9ClN2O2S. The molecule has 0 fully saturated rings. The second-order valence-corrected chi connectivity index (χ2v) is 4.97. The highest BCUT2D eigenvalue weighted by atomic mass is 35.5. The predicted molar refractivity (Wildman–Crippen MR) is 46.7 cm³/mol. The summed E-state index contributed by atoms with van der Waals surface area (Å²) in [4.78, 5) is 6.65. The topological polar surface area (TPSA) is 62.8 Å². The molecular weight excluding hydrogens is 200 g/mol.